The Bertz CT molecular complexity index is 892. The van der Waals surface area contributed by atoms with Crippen LogP contribution in [0.2, 0.25) is 0 Å². The zero-order chi connectivity index (χ0) is 19.1. The van der Waals surface area contributed by atoms with Gasteiger partial charge in [-0.25, -0.2) is 4.98 Å². The van der Waals surface area contributed by atoms with E-state index in [1.807, 2.05) is 36.4 Å². The Balaban J connectivity index is 1.62. The van der Waals surface area contributed by atoms with E-state index in [0.717, 1.165) is 23.4 Å². The number of nitrogens with zero attached hydrogens (tertiary/aromatic N) is 1. The molecular formula is C21H21NO4S. The second-order valence-electron chi connectivity index (χ2n) is 6.02. The van der Waals surface area contributed by atoms with Crippen LogP contribution in [-0.4, -0.2) is 29.8 Å². The minimum atomic E-state index is -0.885. The molecule has 0 amide bonds. The second-order valence-corrected chi connectivity index (χ2v) is 6.88. The number of thiazole rings is 1. The minimum absolute atomic E-state index is 0.0732. The predicted molar refractivity (Wildman–Crippen MR) is 106 cm³/mol. The number of benzene rings is 2. The van der Waals surface area contributed by atoms with Gasteiger partial charge in [-0.2, -0.15) is 0 Å². The maximum Gasteiger partial charge on any atom is 0.309 e. The quantitative estimate of drug-likeness (QED) is 0.553. The Morgan fingerprint density at radius 3 is 2.70 bits per heavy atom. The van der Waals surface area contributed by atoms with Crippen LogP contribution in [0.25, 0.3) is 10.6 Å². The average molecular weight is 383 g/mol. The number of hydrogen-bond donors (Lipinski definition) is 1. The number of aromatic nitrogens is 1. The Morgan fingerprint density at radius 2 is 1.96 bits per heavy atom. The zero-order valence-corrected chi connectivity index (χ0v) is 15.9. The molecule has 0 bridgehead atoms. The van der Waals surface area contributed by atoms with E-state index in [-0.39, 0.29) is 6.42 Å². The van der Waals surface area contributed by atoms with Gasteiger partial charge in [-0.05, 0) is 36.6 Å². The summed E-state index contributed by atoms with van der Waals surface area (Å²) in [4.78, 5) is 15.2. The van der Waals surface area contributed by atoms with Crippen molar-refractivity contribution in [1.29, 1.82) is 0 Å². The largest absolute Gasteiger partial charge is 0.493 e. The van der Waals surface area contributed by atoms with Gasteiger partial charge in [0.2, 0.25) is 0 Å². The van der Waals surface area contributed by atoms with Gasteiger partial charge < -0.3 is 14.6 Å². The molecule has 2 aromatic carbocycles. The summed E-state index contributed by atoms with van der Waals surface area (Å²) < 4.78 is 11.3. The lowest BCUT2D eigenvalue weighted by molar-refractivity contribution is -0.136. The molecule has 27 heavy (non-hydrogen) atoms. The van der Waals surface area contributed by atoms with Crippen molar-refractivity contribution in [3.63, 3.8) is 0 Å². The lowest BCUT2D eigenvalue weighted by Gasteiger charge is -2.11. The molecule has 0 spiro atoms. The molecule has 0 aliphatic carbocycles. The minimum Gasteiger partial charge on any atom is -0.493 e. The van der Waals surface area contributed by atoms with Crippen LogP contribution in [0.15, 0.2) is 53.9 Å². The third kappa shape index (κ3) is 5.31. The van der Waals surface area contributed by atoms with Gasteiger partial charge in [-0.15, -0.1) is 11.3 Å². The van der Waals surface area contributed by atoms with Gasteiger partial charge in [0.25, 0.3) is 0 Å². The highest BCUT2D eigenvalue weighted by atomic mass is 32.1. The molecule has 0 saturated carbocycles. The van der Waals surface area contributed by atoms with Gasteiger partial charge in [-0.1, -0.05) is 30.3 Å². The standard InChI is InChI=1S/C21H21NO4S/c1-25-19-12-16(21-22-17(14-27-21)13-20(23)24)9-10-18(19)26-11-5-8-15-6-3-2-4-7-15/h2-4,6-7,9-10,12,14H,5,8,11,13H2,1H3,(H,23,24). The van der Waals surface area contributed by atoms with Crippen molar-refractivity contribution in [3.05, 3.63) is 65.2 Å². The summed E-state index contributed by atoms with van der Waals surface area (Å²) in [6.07, 6.45) is 1.81. The van der Waals surface area contributed by atoms with Crippen molar-refractivity contribution < 1.29 is 19.4 Å². The van der Waals surface area contributed by atoms with Crippen LogP contribution in [-0.2, 0) is 17.6 Å². The first-order chi connectivity index (χ1) is 13.2. The number of carboxylic acid groups (broad SMARTS) is 1. The van der Waals surface area contributed by atoms with Gasteiger partial charge in [0.05, 0.1) is 25.8 Å². The number of aryl methyl sites for hydroxylation is 1. The summed E-state index contributed by atoms with van der Waals surface area (Å²) >= 11 is 1.42. The van der Waals surface area contributed by atoms with E-state index < -0.39 is 5.97 Å². The van der Waals surface area contributed by atoms with Crippen LogP contribution >= 0.6 is 11.3 Å². The molecule has 3 rings (SSSR count). The maximum atomic E-state index is 10.8. The lowest BCUT2D eigenvalue weighted by Crippen LogP contribution is -2.01. The molecule has 0 fully saturated rings. The monoisotopic (exact) mass is 383 g/mol. The lowest BCUT2D eigenvalue weighted by atomic mass is 10.1. The number of carbonyl (C=O) groups is 1. The first-order valence-corrected chi connectivity index (χ1v) is 9.55. The van der Waals surface area contributed by atoms with E-state index >= 15 is 0 Å². The number of methoxy groups -OCH3 is 1. The Kier molecular flexibility index (Phi) is 6.44. The van der Waals surface area contributed by atoms with Crippen molar-refractivity contribution in [1.82, 2.24) is 4.98 Å². The van der Waals surface area contributed by atoms with Crippen LogP contribution in [0.5, 0.6) is 11.5 Å². The summed E-state index contributed by atoms with van der Waals surface area (Å²) in [7, 11) is 1.60. The molecule has 0 atom stereocenters. The summed E-state index contributed by atoms with van der Waals surface area (Å²) in [5.41, 5.74) is 2.73. The van der Waals surface area contributed by atoms with Crippen LogP contribution in [0.4, 0.5) is 0 Å². The molecule has 3 aromatic rings. The normalized spacial score (nSPS) is 10.6. The molecule has 0 aliphatic heterocycles. The van der Waals surface area contributed by atoms with Crippen LogP contribution in [0.1, 0.15) is 17.7 Å². The molecule has 140 valence electrons. The summed E-state index contributed by atoms with van der Waals surface area (Å²) in [6, 6.07) is 16.0. The van der Waals surface area contributed by atoms with Gasteiger partial charge in [0.15, 0.2) is 11.5 Å². The molecule has 1 N–H and O–H groups in total. The highest BCUT2D eigenvalue weighted by molar-refractivity contribution is 7.13. The van der Waals surface area contributed by atoms with E-state index in [0.29, 0.717) is 23.8 Å². The van der Waals surface area contributed by atoms with Gasteiger partial charge in [0.1, 0.15) is 5.01 Å². The van der Waals surface area contributed by atoms with Gasteiger partial charge >= 0.3 is 5.97 Å². The fourth-order valence-electron chi connectivity index (χ4n) is 2.70. The molecule has 0 unspecified atom stereocenters. The van der Waals surface area contributed by atoms with E-state index in [1.54, 1.807) is 12.5 Å². The SMILES string of the molecule is COc1cc(-c2nc(CC(=O)O)cs2)ccc1OCCCc1ccccc1. The summed E-state index contributed by atoms with van der Waals surface area (Å²) in [5.74, 6) is 0.447. The molecule has 6 heteroatoms. The van der Waals surface area contributed by atoms with Gasteiger partial charge in [0, 0.05) is 10.9 Å². The van der Waals surface area contributed by atoms with E-state index in [9.17, 15) is 4.79 Å². The van der Waals surface area contributed by atoms with Crippen molar-refractivity contribution in [2.75, 3.05) is 13.7 Å². The van der Waals surface area contributed by atoms with Gasteiger partial charge in [-0.3, -0.25) is 4.79 Å². The van der Waals surface area contributed by atoms with Crippen molar-refractivity contribution in [3.8, 4) is 22.1 Å². The molecular weight excluding hydrogens is 362 g/mol. The van der Waals surface area contributed by atoms with E-state index in [1.165, 1.54) is 16.9 Å². The molecule has 0 saturated heterocycles. The second kappa shape index (κ2) is 9.19. The third-order valence-corrected chi connectivity index (χ3v) is 4.95. The van der Waals surface area contributed by atoms with Crippen molar-refractivity contribution >= 4 is 17.3 Å². The molecule has 0 radical (unpaired) electrons. The highest BCUT2D eigenvalue weighted by Crippen LogP contribution is 2.34. The van der Waals surface area contributed by atoms with Crippen LogP contribution in [0.3, 0.4) is 0 Å². The topological polar surface area (TPSA) is 68.7 Å². The molecule has 1 aromatic heterocycles. The number of hydrogen-bond acceptors (Lipinski definition) is 5. The Hall–Kier alpha value is -2.86. The molecule has 5 nitrogen and oxygen atoms in total. The van der Waals surface area contributed by atoms with E-state index in [4.69, 9.17) is 14.6 Å². The molecule has 1 heterocycles. The highest BCUT2D eigenvalue weighted by Gasteiger charge is 2.11. The summed E-state index contributed by atoms with van der Waals surface area (Å²) in [6.45, 7) is 0.602. The van der Waals surface area contributed by atoms with Crippen LogP contribution in [0, 0.1) is 0 Å². The number of carboxylic acids is 1. The number of ether oxygens (including phenoxy) is 2. The van der Waals surface area contributed by atoms with E-state index in [2.05, 4.69) is 17.1 Å². The first-order valence-electron chi connectivity index (χ1n) is 8.67. The smallest absolute Gasteiger partial charge is 0.309 e. The molecule has 0 aliphatic rings. The van der Waals surface area contributed by atoms with Crippen LogP contribution < -0.4 is 9.47 Å². The Labute approximate surface area is 162 Å². The number of aliphatic carboxylic acids is 1. The number of rotatable bonds is 9. The summed E-state index contributed by atoms with van der Waals surface area (Å²) in [5, 5.41) is 11.4. The average Bonchev–Trinajstić information content (AvgIpc) is 3.14. The van der Waals surface area contributed by atoms with Crippen molar-refractivity contribution in [2.24, 2.45) is 0 Å². The maximum absolute atomic E-state index is 10.8. The fraction of sp³-hybridized carbons (Fsp3) is 0.238. The third-order valence-electron chi connectivity index (χ3n) is 4.00. The predicted octanol–water partition coefficient (Wildman–Crippen LogP) is 4.46. The van der Waals surface area contributed by atoms with Crippen molar-refractivity contribution in [2.45, 2.75) is 19.3 Å². The fourth-order valence-corrected chi connectivity index (χ4v) is 3.52. The zero-order valence-electron chi connectivity index (χ0n) is 15.1. The Morgan fingerprint density at radius 1 is 1.15 bits per heavy atom. The first kappa shape index (κ1) is 18.9.